The van der Waals surface area contributed by atoms with Gasteiger partial charge in [-0.25, -0.2) is 31.5 Å². The van der Waals surface area contributed by atoms with E-state index in [-0.39, 0.29) is 57.0 Å². The number of hydrogen-bond donors (Lipinski definition) is 3. The molecule has 0 fully saturated rings. The van der Waals surface area contributed by atoms with Gasteiger partial charge >= 0.3 is 6.18 Å². The second kappa shape index (κ2) is 12.6. The van der Waals surface area contributed by atoms with Crippen LogP contribution in [0.3, 0.4) is 0 Å². The lowest BCUT2D eigenvalue weighted by Crippen LogP contribution is -2.29. The number of carbonyl (C=O) groups is 1. The zero-order valence-electron chi connectivity index (χ0n) is 23.6. The molecular weight excluding hydrogens is 625 g/mol. The Balaban J connectivity index is 1.65. The molecular formula is C27H27F3N6O6S2. The standard InChI is InChI=1S/C27H27F3N6O6S2/c1-4-23(37)36-44(40,41)18-8-5-16(6-9-18)14-31-26-34-20-11-10-19(33-24(20)25(35-26)32-15-27(28,29)30)17-7-12-21(42-2)22(13-17)43(3,38)39/h5-13H,4,14-15H2,1-3H3,(H,36,37)(H2,31,32,34,35). The van der Waals surface area contributed by atoms with Crippen LogP contribution in [0.4, 0.5) is 24.9 Å². The normalized spacial score (nSPS) is 12.1. The lowest BCUT2D eigenvalue weighted by atomic mass is 10.1. The Bertz CT molecular complexity index is 1920. The molecule has 0 unspecified atom stereocenters. The van der Waals surface area contributed by atoms with E-state index in [1.807, 2.05) is 4.72 Å². The Hall–Kier alpha value is -4.51. The molecule has 0 saturated heterocycles. The fraction of sp³-hybridized carbons (Fsp3) is 0.259. The molecule has 17 heteroatoms. The molecule has 0 aliphatic heterocycles. The molecule has 0 aliphatic rings. The summed E-state index contributed by atoms with van der Waals surface area (Å²) in [6, 6.07) is 13.0. The Morgan fingerprint density at radius 3 is 2.25 bits per heavy atom. The van der Waals surface area contributed by atoms with Gasteiger partial charge in [0.2, 0.25) is 11.9 Å². The van der Waals surface area contributed by atoms with E-state index in [4.69, 9.17) is 4.74 Å². The van der Waals surface area contributed by atoms with Gasteiger partial charge in [0, 0.05) is 24.8 Å². The van der Waals surface area contributed by atoms with E-state index < -0.39 is 38.5 Å². The number of ether oxygens (including phenoxy) is 1. The number of sulfonamides is 1. The highest BCUT2D eigenvalue weighted by Gasteiger charge is 2.28. The van der Waals surface area contributed by atoms with Crippen molar-refractivity contribution >= 4 is 48.6 Å². The van der Waals surface area contributed by atoms with Crippen LogP contribution in [0.2, 0.25) is 0 Å². The van der Waals surface area contributed by atoms with Crippen LogP contribution in [0.15, 0.2) is 64.4 Å². The second-order valence-corrected chi connectivity index (χ2v) is 13.1. The van der Waals surface area contributed by atoms with Gasteiger partial charge in [0.15, 0.2) is 15.7 Å². The first kappa shape index (κ1) is 32.4. The van der Waals surface area contributed by atoms with Gasteiger partial charge in [-0.2, -0.15) is 18.2 Å². The molecule has 3 N–H and O–H groups in total. The third-order valence-electron chi connectivity index (χ3n) is 6.11. The van der Waals surface area contributed by atoms with Crippen LogP contribution in [0.1, 0.15) is 18.9 Å². The maximum Gasteiger partial charge on any atom is 0.405 e. The van der Waals surface area contributed by atoms with Crippen molar-refractivity contribution in [1.29, 1.82) is 0 Å². The van der Waals surface area contributed by atoms with Crippen LogP contribution < -0.4 is 20.1 Å². The van der Waals surface area contributed by atoms with Crippen molar-refractivity contribution in [3.8, 4) is 17.0 Å². The lowest BCUT2D eigenvalue weighted by Gasteiger charge is -2.14. The molecule has 4 aromatic rings. The Morgan fingerprint density at radius 1 is 0.932 bits per heavy atom. The number of nitrogens with zero attached hydrogens (tertiary/aromatic N) is 3. The van der Waals surface area contributed by atoms with Crippen LogP contribution in [0.25, 0.3) is 22.3 Å². The summed E-state index contributed by atoms with van der Waals surface area (Å²) in [7, 11) is -6.37. The number of aromatic nitrogens is 3. The van der Waals surface area contributed by atoms with Gasteiger partial charge in [-0.05, 0) is 48.0 Å². The number of sulfone groups is 1. The zero-order chi connectivity index (χ0) is 32.3. The molecule has 0 aliphatic carbocycles. The number of hydrogen-bond acceptors (Lipinski definition) is 11. The van der Waals surface area contributed by atoms with Crippen molar-refractivity contribution in [3.05, 3.63) is 60.2 Å². The van der Waals surface area contributed by atoms with Crippen LogP contribution in [-0.4, -0.2) is 63.8 Å². The van der Waals surface area contributed by atoms with Gasteiger partial charge in [-0.15, -0.1) is 0 Å². The Morgan fingerprint density at radius 2 is 1.64 bits per heavy atom. The van der Waals surface area contributed by atoms with Crippen molar-refractivity contribution in [2.75, 3.05) is 30.5 Å². The lowest BCUT2D eigenvalue weighted by molar-refractivity contribution is -0.119. The number of halogens is 3. The molecule has 2 aromatic carbocycles. The predicted octanol–water partition coefficient (Wildman–Crippen LogP) is 3.91. The predicted molar refractivity (Wildman–Crippen MR) is 156 cm³/mol. The number of carbonyl (C=O) groups excluding carboxylic acids is 1. The van der Waals surface area contributed by atoms with E-state index in [1.165, 1.54) is 62.6 Å². The molecule has 0 radical (unpaired) electrons. The van der Waals surface area contributed by atoms with E-state index in [0.29, 0.717) is 11.1 Å². The number of alkyl halides is 3. The average Bonchev–Trinajstić information content (AvgIpc) is 2.97. The summed E-state index contributed by atoms with van der Waals surface area (Å²) in [6.45, 7) is 0.193. The highest BCUT2D eigenvalue weighted by atomic mass is 32.2. The SMILES string of the molecule is CCC(=O)NS(=O)(=O)c1ccc(CNc2nc(NCC(F)(F)F)c3nc(-c4ccc(OC)c(S(C)(=O)=O)c4)ccc3n2)cc1. The monoisotopic (exact) mass is 652 g/mol. The number of amides is 1. The highest BCUT2D eigenvalue weighted by Crippen LogP contribution is 2.31. The summed E-state index contributed by atoms with van der Waals surface area (Å²) < 4.78 is 95.6. The number of nitrogens with one attached hydrogen (secondary N) is 3. The molecule has 2 aromatic heterocycles. The number of benzene rings is 2. The smallest absolute Gasteiger partial charge is 0.405 e. The average molecular weight is 653 g/mol. The second-order valence-electron chi connectivity index (χ2n) is 9.45. The number of fused-ring (bicyclic) bond motifs is 1. The fourth-order valence-corrected chi connectivity index (χ4v) is 5.85. The summed E-state index contributed by atoms with van der Waals surface area (Å²) >= 11 is 0. The third-order valence-corrected chi connectivity index (χ3v) is 8.62. The van der Waals surface area contributed by atoms with Crippen molar-refractivity contribution in [1.82, 2.24) is 19.7 Å². The number of rotatable bonds is 11. The van der Waals surface area contributed by atoms with Crippen LogP contribution in [0, 0.1) is 0 Å². The van der Waals surface area contributed by atoms with Gasteiger partial charge in [0.1, 0.15) is 22.7 Å². The summed E-state index contributed by atoms with van der Waals surface area (Å²) in [5.74, 6) is -0.777. The van der Waals surface area contributed by atoms with Crippen LogP contribution in [0.5, 0.6) is 5.75 Å². The molecule has 44 heavy (non-hydrogen) atoms. The van der Waals surface area contributed by atoms with Crippen LogP contribution >= 0.6 is 0 Å². The van der Waals surface area contributed by atoms with Crippen molar-refractivity contribution in [3.63, 3.8) is 0 Å². The maximum atomic E-state index is 13.1. The topological polar surface area (TPSA) is 169 Å². The third kappa shape index (κ3) is 7.90. The number of methoxy groups -OCH3 is 1. The van der Waals surface area contributed by atoms with Gasteiger partial charge in [-0.1, -0.05) is 19.1 Å². The minimum atomic E-state index is -4.57. The van der Waals surface area contributed by atoms with Gasteiger partial charge in [0.25, 0.3) is 10.0 Å². The van der Waals surface area contributed by atoms with Crippen molar-refractivity contribution in [2.45, 2.75) is 35.9 Å². The highest BCUT2D eigenvalue weighted by molar-refractivity contribution is 7.91. The molecule has 1 amide bonds. The summed E-state index contributed by atoms with van der Waals surface area (Å²) in [5, 5.41) is 5.15. The Labute approximate surface area is 251 Å². The van der Waals surface area contributed by atoms with E-state index in [2.05, 4.69) is 25.6 Å². The van der Waals surface area contributed by atoms with Crippen molar-refractivity contribution < 1.29 is 39.5 Å². The number of pyridine rings is 1. The summed E-state index contributed by atoms with van der Waals surface area (Å²) in [6.07, 6.45) is -3.55. The molecule has 4 rings (SSSR count). The fourth-order valence-electron chi connectivity index (χ4n) is 3.94. The first-order valence-corrected chi connectivity index (χ1v) is 16.2. The largest absolute Gasteiger partial charge is 0.495 e. The molecule has 0 spiro atoms. The minimum Gasteiger partial charge on any atom is -0.495 e. The van der Waals surface area contributed by atoms with Gasteiger partial charge in [-0.3, -0.25) is 4.79 Å². The maximum absolute atomic E-state index is 13.1. The first-order chi connectivity index (χ1) is 20.6. The number of anilines is 2. The molecule has 0 bridgehead atoms. The van der Waals surface area contributed by atoms with E-state index in [1.54, 1.807) is 6.07 Å². The van der Waals surface area contributed by atoms with Gasteiger partial charge in [0.05, 0.1) is 23.2 Å². The van der Waals surface area contributed by atoms with E-state index in [0.717, 1.165) is 6.26 Å². The van der Waals surface area contributed by atoms with Crippen LogP contribution in [-0.2, 0) is 31.2 Å². The first-order valence-electron chi connectivity index (χ1n) is 12.9. The molecule has 234 valence electrons. The van der Waals surface area contributed by atoms with E-state index >= 15 is 0 Å². The molecule has 12 nitrogen and oxygen atoms in total. The molecule has 0 saturated carbocycles. The molecule has 2 heterocycles. The molecule has 0 atom stereocenters. The summed E-state index contributed by atoms with van der Waals surface area (Å²) in [5.41, 5.74) is 1.43. The minimum absolute atomic E-state index is 0.00472. The van der Waals surface area contributed by atoms with Gasteiger partial charge < -0.3 is 15.4 Å². The quantitative estimate of drug-likeness (QED) is 0.215. The van der Waals surface area contributed by atoms with Crippen molar-refractivity contribution in [2.24, 2.45) is 0 Å². The van der Waals surface area contributed by atoms with E-state index in [9.17, 15) is 34.8 Å². The summed E-state index contributed by atoms with van der Waals surface area (Å²) in [4.78, 5) is 24.3. The Kier molecular flexibility index (Phi) is 9.29. The zero-order valence-corrected chi connectivity index (χ0v) is 25.2.